The number of benzene rings is 6. The van der Waals surface area contributed by atoms with Gasteiger partial charge in [-0.05, 0) is 48.5 Å². The van der Waals surface area contributed by atoms with Crippen LogP contribution in [0.3, 0.4) is 0 Å². The third-order valence-electron chi connectivity index (χ3n) is 7.24. The molecule has 14 heteroatoms. The van der Waals surface area contributed by atoms with Crippen molar-refractivity contribution < 1.29 is 63.7 Å². The maximum Gasteiger partial charge on any atom is 0.343 e. The number of halogens is 8. The van der Waals surface area contributed by atoms with E-state index in [1.807, 2.05) is 0 Å². The van der Waals surface area contributed by atoms with Crippen molar-refractivity contribution in [3.05, 3.63) is 167 Å². The molecule has 6 aromatic carbocycles. The van der Waals surface area contributed by atoms with Crippen molar-refractivity contribution in [2.75, 3.05) is 0 Å². The summed E-state index contributed by atoms with van der Waals surface area (Å²) in [5.41, 5.74) is -4.20. The zero-order valence-corrected chi connectivity index (χ0v) is 25.9. The van der Waals surface area contributed by atoms with Gasteiger partial charge >= 0.3 is 11.9 Å². The molecule has 6 rings (SSSR count). The Labute approximate surface area is 288 Å². The number of rotatable bonds is 9. The molecule has 0 amide bonds. The Bertz CT molecular complexity index is 2110. The summed E-state index contributed by atoms with van der Waals surface area (Å²) in [5.74, 6) is -27.1. The monoisotopic (exact) mass is 722 g/mol. The minimum absolute atomic E-state index is 0.0618. The van der Waals surface area contributed by atoms with Crippen LogP contribution in [-0.4, -0.2) is 11.9 Å². The van der Waals surface area contributed by atoms with E-state index in [0.717, 1.165) is 24.3 Å². The lowest BCUT2D eigenvalue weighted by atomic mass is 10.0. The molecule has 0 aliphatic rings. The second-order valence-corrected chi connectivity index (χ2v) is 10.5. The predicted octanol–water partition coefficient (Wildman–Crippen LogP) is 10.5. The van der Waals surface area contributed by atoms with Gasteiger partial charge in [0.1, 0.15) is 0 Å². The van der Waals surface area contributed by atoms with Crippen LogP contribution in [0.4, 0.5) is 35.1 Å². The normalized spacial score (nSPS) is 10.8. The molecule has 262 valence electrons. The molecular formula is C38H18F8O6. The van der Waals surface area contributed by atoms with Gasteiger partial charge in [0.05, 0.1) is 22.3 Å². The van der Waals surface area contributed by atoms with Gasteiger partial charge in [0.2, 0.25) is 34.8 Å². The van der Waals surface area contributed by atoms with Crippen molar-refractivity contribution in [1.82, 2.24) is 0 Å². The van der Waals surface area contributed by atoms with Gasteiger partial charge in [-0.15, -0.1) is 0 Å². The summed E-state index contributed by atoms with van der Waals surface area (Å²) in [6.45, 7) is 0. The Morgan fingerprint density at radius 3 is 0.923 bits per heavy atom. The molecule has 0 spiro atoms. The van der Waals surface area contributed by atoms with Crippen LogP contribution in [0.15, 0.2) is 109 Å². The second-order valence-electron chi connectivity index (χ2n) is 10.5. The van der Waals surface area contributed by atoms with Crippen LogP contribution in [0.5, 0.6) is 34.5 Å². The van der Waals surface area contributed by atoms with Gasteiger partial charge in [-0.2, -0.15) is 17.6 Å². The SMILES string of the molecule is O=C(Oc1ccccc1Oc1c(F)c(F)c(-c2c(F)c(F)c(Oc3ccccc3OC(=O)c3ccccc3)c(F)c2F)c(F)c1F)c1ccccc1. The van der Waals surface area contributed by atoms with Crippen molar-refractivity contribution in [2.24, 2.45) is 0 Å². The smallest absolute Gasteiger partial charge is 0.343 e. The van der Waals surface area contributed by atoms with Crippen molar-refractivity contribution in [3.8, 4) is 45.6 Å². The first kappa shape index (κ1) is 35.1. The molecule has 0 aliphatic carbocycles. The molecule has 0 unspecified atom stereocenters. The van der Waals surface area contributed by atoms with Crippen LogP contribution in [0, 0.1) is 46.5 Å². The Balaban J connectivity index is 1.34. The third-order valence-corrected chi connectivity index (χ3v) is 7.24. The van der Waals surface area contributed by atoms with Crippen LogP contribution >= 0.6 is 0 Å². The third kappa shape index (κ3) is 6.73. The summed E-state index contributed by atoms with van der Waals surface area (Å²) in [7, 11) is 0. The van der Waals surface area contributed by atoms with Crippen LogP contribution in [-0.2, 0) is 0 Å². The lowest BCUT2D eigenvalue weighted by molar-refractivity contribution is 0.0721. The van der Waals surface area contributed by atoms with Crippen LogP contribution < -0.4 is 18.9 Å². The summed E-state index contributed by atoms with van der Waals surface area (Å²) < 4.78 is 143. The largest absolute Gasteiger partial charge is 0.447 e. The molecule has 0 saturated heterocycles. The van der Waals surface area contributed by atoms with Gasteiger partial charge in [0.25, 0.3) is 0 Å². The Hall–Kier alpha value is -6.70. The fourth-order valence-corrected chi connectivity index (χ4v) is 4.76. The molecule has 0 bridgehead atoms. The molecule has 0 heterocycles. The van der Waals surface area contributed by atoms with E-state index in [4.69, 9.17) is 18.9 Å². The van der Waals surface area contributed by atoms with Crippen molar-refractivity contribution in [1.29, 1.82) is 0 Å². The molecule has 0 saturated carbocycles. The Morgan fingerprint density at radius 1 is 0.346 bits per heavy atom. The van der Waals surface area contributed by atoms with E-state index < -0.39 is 104 Å². The number of carbonyl (C=O) groups excluding carboxylic acids is 2. The van der Waals surface area contributed by atoms with Gasteiger partial charge in [-0.25, -0.2) is 27.2 Å². The number of esters is 2. The number of hydrogen-bond acceptors (Lipinski definition) is 6. The van der Waals surface area contributed by atoms with Gasteiger partial charge in [0, 0.05) is 0 Å². The van der Waals surface area contributed by atoms with Crippen molar-refractivity contribution in [3.63, 3.8) is 0 Å². The van der Waals surface area contributed by atoms with E-state index in [2.05, 4.69) is 0 Å². The number of hydrogen-bond donors (Lipinski definition) is 0. The van der Waals surface area contributed by atoms with Crippen LogP contribution in [0.25, 0.3) is 11.1 Å². The summed E-state index contributed by atoms with van der Waals surface area (Å²) in [5, 5.41) is 0. The lowest BCUT2D eigenvalue weighted by Crippen LogP contribution is -2.11. The molecular weight excluding hydrogens is 704 g/mol. The molecule has 0 radical (unpaired) electrons. The molecule has 0 aromatic heterocycles. The molecule has 0 aliphatic heterocycles. The number of para-hydroxylation sites is 4. The van der Waals surface area contributed by atoms with E-state index in [-0.39, 0.29) is 11.1 Å². The Morgan fingerprint density at radius 2 is 0.615 bits per heavy atom. The highest BCUT2D eigenvalue weighted by atomic mass is 19.2. The molecule has 0 fully saturated rings. The van der Waals surface area contributed by atoms with Crippen LogP contribution in [0.1, 0.15) is 20.7 Å². The quantitative estimate of drug-likeness (QED) is 0.0641. The van der Waals surface area contributed by atoms with Gasteiger partial charge in [-0.3, -0.25) is 0 Å². The van der Waals surface area contributed by atoms with E-state index in [9.17, 15) is 9.59 Å². The maximum absolute atomic E-state index is 15.4. The summed E-state index contributed by atoms with van der Waals surface area (Å²) >= 11 is 0. The van der Waals surface area contributed by atoms with E-state index >= 15 is 35.1 Å². The summed E-state index contributed by atoms with van der Waals surface area (Å²) in [6.07, 6.45) is 0. The fraction of sp³-hybridized carbons (Fsp3) is 0. The zero-order chi connectivity index (χ0) is 37.1. The van der Waals surface area contributed by atoms with Crippen molar-refractivity contribution in [2.45, 2.75) is 0 Å². The number of carbonyl (C=O) groups is 2. The van der Waals surface area contributed by atoms with Gasteiger partial charge < -0.3 is 18.9 Å². The van der Waals surface area contributed by atoms with Crippen LogP contribution in [0.2, 0.25) is 0 Å². The second kappa shape index (κ2) is 14.6. The highest BCUT2D eigenvalue weighted by Gasteiger charge is 2.36. The highest BCUT2D eigenvalue weighted by molar-refractivity contribution is 5.92. The minimum Gasteiger partial charge on any atom is -0.447 e. The minimum atomic E-state index is -2.50. The molecule has 52 heavy (non-hydrogen) atoms. The fourth-order valence-electron chi connectivity index (χ4n) is 4.76. The summed E-state index contributed by atoms with van der Waals surface area (Å²) in [4.78, 5) is 25.0. The average molecular weight is 723 g/mol. The maximum atomic E-state index is 15.4. The topological polar surface area (TPSA) is 71.1 Å². The predicted molar refractivity (Wildman–Crippen MR) is 167 cm³/mol. The first-order valence-corrected chi connectivity index (χ1v) is 14.8. The number of ether oxygens (including phenoxy) is 4. The lowest BCUT2D eigenvalue weighted by Gasteiger charge is -2.17. The molecule has 0 N–H and O–H groups in total. The summed E-state index contributed by atoms with van der Waals surface area (Å²) in [6, 6.07) is 24.3. The van der Waals surface area contributed by atoms with E-state index in [1.165, 1.54) is 72.8 Å². The molecule has 6 nitrogen and oxygen atoms in total. The molecule has 0 atom stereocenters. The average Bonchev–Trinajstić information content (AvgIpc) is 3.16. The van der Waals surface area contributed by atoms with E-state index in [1.54, 1.807) is 12.1 Å². The first-order chi connectivity index (χ1) is 25.0. The first-order valence-electron chi connectivity index (χ1n) is 14.8. The zero-order valence-electron chi connectivity index (χ0n) is 25.9. The standard InChI is InChI=1S/C38H18F8O6/c39-27-25(28(40)32(44)35(31(27)43)49-21-15-7-9-17-23(21)51-37(47)19-11-3-1-4-12-19)26-29(41)33(45)36(34(46)30(26)42)50-22-16-8-10-18-24(22)52-38(48)20-13-5-2-6-14-20/h1-18H. The van der Waals surface area contributed by atoms with Gasteiger partial charge in [-0.1, -0.05) is 60.7 Å². The van der Waals surface area contributed by atoms with Crippen molar-refractivity contribution >= 4 is 11.9 Å². The van der Waals surface area contributed by atoms with Gasteiger partial charge in [0.15, 0.2) is 46.3 Å². The highest BCUT2D eigenvalue weighted by Crippen LogP contribution is 2.45. The van der Waals surface area contributed by atoms with E-state index in [0.29, 0.717) is 0 Å². The Kier molecular flexibility index (Phi) is 9.90. The molecule has 6 aromatic rings.